The quantitative estimate of drug-likeness (QED) is 0.424. The van der Waals surface area contributed by atoms with Gasteiger partial charge < -0.3 is 15.0 Å². The first kappa shape index (κ1) is 28.9. The summed E-state index contributed by atoms with van der Waals surface area (Å²) >= 11 is 9.58. The second-order valence-electron chi connectivity index (χ2n) is 8.23. The van der Waals surface area contributed by atoms with Crippen molar-refractivity contribution in [1.29, 1.82) is 0 Å². The van der Waals surface area contributed by atoms with Crippen LogP contribution in [0.3, 0.4) is 0 Å². The first-order valence-electron chi connectivity index (χ1n) is 11.0. The van der Waals surface area contributed by atoms with Crippen LogP contribution in [0.4, 0.5) is 5.69 Å². The molecule has 0 saturated carbocycles. The first-order valence-corrected chi connectivity index (χ1v) is 14.0. The van der Waals surface area contributed by atoms with E-state index in [9.17, 15) is 18.0 Å². The second-order valence-corrected chi connectivity index (χ2v) is 11.5. The molecule has 0 aliphatic rings. The van der Waals surface area contributed by atoms with E-state index in [0.29, 0.717) is 5.75 Å². The molecule has 0 heterocycles. The number of halogens is 2. The number of ether oxygens (including phenoxy) is 1. The van der Waals surface area contributed by atoms with E-state index in [-0.39, 0.29) is 29.2 Å². The highest BCUT2D eigenvalue weighted by molar-refractivity contribution is 9.10. The summed E-state index contributed by atoms with van der Waals surface area (Å²) in [6.45, 7) is 5.08. The third-order valence-electron chi connectivity index (χ3n) is 5.54. The van der Waals surface area contributed by atoms with Crippen molar-refractivity contribution in [1.82, 2.24) is 10.2 Å². The highest BCUT2D eigenvalue weighted by atomic mass is 79.9. The molecule has 2 atom stereocenters. The van der Waals surface area contributed by atoms with Crippen LogP contribution in [-0.4, -0.2) is 57.1 Å². The smallest absolute Gasteiger partial charge is 0.244 e. The van der Waals surface area contributed by atoms with Gasteiger partial charge in [-0.15, -0.1) is 0 Å². The molecule has 2 aromatic carbocycles. The van der Waals surface area contributed by atoms with Crippen LogP contribution in [0, 0.1) is 0 Å². The Morgan fingerprint density at radius 2 is 1.77 bits per heavy atom. The molecule has 11 heteroatoms. The molecule has 0 fully saturated rings. The molecule has 2 aromatic rings. The molecule has 0 aliphatic heterocycles. The molecule has 0 radical (unpaired) electrons. The van der Waals surface area contributed by atoms with Crippen LogP contribution in [0.25, 0.3) is 0 Å². The van der Waals surface area contributed by atoms with Gasteiger partial charge in [-0.3, -0.25) is 13.9 Å². The Morgan fingerprint density at radius 3 is 2.29 bits per heavy atom. The minimum atomic E-state index is -3.85. The van der Waals surface area contributed by atoms with Gasteiger partial charge in [-0.05, 0) is 56.2 Å². The Hall–Kier alpha value is -2.30. The van der Waals surface area contributed by atoms with Crippen molar-refractivity contribution in [3.05, 3.63) is 57.5 Å². The molecule has 2 amide bonds. The van der Waals surface area contributed by atoms with Gasteiger partial charge in [-0.2, -0.15) is 0 Å². The topological polar surface area (TPSA) is 96.0 Å². The minimum absolute atomic E-state index is 0.0662. The average Bonchev–Trinajstić information content (AvgIpc) is 2.80. The van der Waals surface area contributed by atoms with Crippen LogP contribution in [0.15, 0.2) is 46.9 Å². The number of amides is 2. The van der Waals surface area contributed by atoms with E-state index in [1.165, 1.54) is 30.2 Å². The summed E-state index contributed by atoms with van der Waals surface area (Å²) in [5.41, 5.74) is 1.01. The van der Waals surface area contributed by atoms with Gasteiger partial charge in [0.25, 0.3) is 0 Å². The molecular weight excluding hydrogens is 558 g/mol. The Bertz CT molecular complexity index is 1140. The fourth-order valence-corrected chi connectivity index (χ4v) is 4.62. The minimum Gasteiger partial charge on any atom is -0.495 e. The zero-order valence-electron chi connectivity index (χ0n) is 20.4. The molecule has 0 spiro atoms. The molecule has 35 heavy (non-hydrogen) atoms. The van der Waals surface area contributed by atoms with Gasteiger partial charge in [0, 0.05) is 17.1 Å². The monoisotopic (exact) mass is 587 g/mol. The number of carbonyl (C=O) groups is 2. The van der Waals surface area contributed by atoms with Crippen molar-refractivity contribution in [3.63, 3.8) is 0 Å². The molecule has 0 aliphatic carbocycles. The summed E-state index contributed by atoms with van der Waals surface area (Å²) in [5, 5.41) is 3.10. The lowest BCUT2D eigenvalue weighted by Crippen LogP contribution is -2.52. The van der Waals surface area contributed by atoms with E-state index in [0.717, 1.165) is 27.0 Å². The van der Waals surface area contributed by atoms with Gasteiger partial charge in [-0.25, -0.2) is 8.42 Å². The van der Waals surface area contributed by atoms with E-state index in [1.807, 2.05) is 38.1 Å². The SMILES string of the molecule is CC[C@@H](C)NC(=O)[C@@H](C)N(Cc1ccc(Br)cc1)C(=O)CN(c1ccc(OC)c(Cl)c1)S(C)(=O)=O. The van der Waals surface area contributed by atoms with Crippen LogP contribution in [0.2, 0.25) is 5.02 Å². The number of hydrogen-bond donors (Lipinski definition) is 1. The van der Waals surface area contributed by atoms with E-state index < -0.39 is 28.5 Å². The number of anilines is 1. The summed E-state index contributed by atoms with van der Waals surface area (Å²) < 4.78 is 32.3. The maximum absolute atomic E-state index is 13.5. The molecular formula is C24H31BrClN3O5S. The fourth-order valence-electron chi connectivity index (χ4n) is 3.26. The van der Waals surface area contributed by atoms with Gasteiger partial charge >= 0.3 is 0 Å². The summed E-state index contributed by atoms with van der Waals surface area (Å²) in [6.07, 6.45) is 1.75. The molecule has 2 rings (SSSR count). The van der Waals surface area contributed by atoms with Crippen LogP contribution in [0.5, 0.6) is 5.75 Å². The zero-order chi connectivity index (χ0) is 26.3. The number of benzene rings is 2. The highest BCUT2D eigenvalue weighted by Crippen LogP contribution is 2.30. The van der Waals surface area contributed by atoms with E-state index in [2.05, 4.69) is 21.2 Å². The molecule has 192 valence electrons. The Balaban J connectivity index is 2.40. The Morgan fingerprint density at radius 1 is 1.14 bits per heavy atom. The largest absolute Gasteiger partial charge is 0.495 e. The number of nitrogens with one attached hydrogen (secondary N) is 1. The maximum atomic E-state index is 13.5. The lowest BCUT2D eigenvalue weighted by atomic mass is 10.1. The van der Waals surface area contributed by atoms with Crippen LogP contribution in [0.1, 0.15) is 32.8 Å². The van der Waals surface area contributed by atoms with E-state index in [4.69, 9.17) is 16.3 Å². The van der Waals surface area contributed by atoms with Crippen molar-refractivity contribution >= 4 is 55.1 Å². The molecule has 0 aromatic heterocycles. The fraction of sp³-hybridized carbons (Fsp3) is 0.417. The molecule has 8 nitrogen and oxygen atoms in total. The third-order valence-corrected chi connectivity index (χ3v) is 7.50. The van der Waals surface area contributed by atoms with Gasteiger partial charge in [0.05, 0.1) is 24.1 Å². The average molecular weight is 589 g/mol. The van der Waals surface area contributed by atoms with Crippen LogP contribution < -0.4 is 14.4 Å². The molecule has 0 saturated heterocycles. The van der Waals surface area contributed by atoms with Crippen LogP contribution >= 0.6 is 27.5 Å². The van der Waals surface area contributed by atoms with Crippen molar-refractivity contribution in [2.45, 2.75) is 45.8 Å². The van der Waals surface area contributed by atoms with Crippen LogP contribution in [-0.2, 0) is 26.2 Å². The lowest BCUT2D eigenvalue weighted by molar-refractivity contribution is -0.139. The Labute approximate surface area is 220 Å². The zero-order valence-corrected chi connectivity index (χ0v) is 23.6. The second kappa shape index (κ2) is 12.6. The summed E-state index contributed by atoms with van der Waals surface area (Å²) in [5.74, 6) is -0.470. The number of sulfonamides is 1. The Kier molecular flexibility index (Phi) is 10.4. The van der Waals surface area contributed by atoms with Crippen molar-refractivity contribution in [3.8, 4) is 5.75 Å². The van der Waals surface area contributed by atoms with E-state index in [1.54, 1.807) is 6.92 Å². The van der Waals surface area contributed by atoms with Gasteiger partial charge in [0.2, 0.25) is 21.8 Å². The van der Waals surface area contributed by atoms with Gasteiger partial charge in [0.1, 0.15) is 18.3 Å². The number of methoxy groups -OCH3 is 1. The van der Waals surface area contributed by atoms with Gasteiger partial charge in [0.15, 0.2) is 0 Å². The summed E-state index contributed by atoms with van der Waals surface area (Å²) in [7, 11) is -2.40. The normalized spacial score (nSPS) is 13.0. The summed E-state index contributed by atoms with van der Waals surface area (Å²) in [4.78, 5) is 27.8. The van der Waals surface area contributed by atoms with E-state index >= 15 is 0 Å². The van der Waals surface area contributed by atoms with Crippen molar-refractivity contribution in [2.75, 3.05) is 24.2 Å². The summed E-state index contributed by atoms with van der Waals surface area (Å²) in [6, 6.07) is 10.9. The third kappa shape index (κ3) is 8.12. The number of hydrogen-bond acceptors (Lipinski definition) is 5. The number of carbonyl (C=O) groups excluding carboxylic acids is 2. The first-order chi connectivity index (χ1) is 16.4. The number of rotatable bonds is 11. The standard InChI is InChI=1S/C24H31BrClN3O5S/c1-6-16(2)27-24(31)17(3)28(14-18-7-9-19(25)10-8-18)23(30)15-29(35(5,32)33)20-11-12-22(34-4)21(26)13-20/h7-13,16-17H,6,14-15H2,1-5H3,(H,27,31)/t16-,17-/m1/s1. The number of nitrogens with zero attached hydrogens (tertiary/aromatic N) is 2. The van der Waals surface area contributed by atoms with Crippen molar-refractivity contribution < 1.29 is 22.7 Å². The lowest BCUT2D eigenvalue weighted by Gasteiger charge is -2.32. The highest BCUT2D eigenvalue weighted by Gasteiger charge is 2.30. The molecule has 0 unspecified atom stereocenters. The van der Waals surface area contributed by atoms with Crippen molar-refractivity contribution in [2.24, 2.45) is 0 Å². The predicted molar refractivity (Wildman–Crippen MR) is 142 cm³/mol. The molecule has 1 N–H and O–H groups in total. The maximum Gasteiger partial charge on any atom is 0.244 e. The van der Waals surface area contributed by atoms with Gasteiger partial charge in [-0.1, -0.05) is 46.6 Å². The molecule has 0 bridgehead atoms. The predicted octanol–water partition coefficient (Wildman–Crippen LogP) is 4.21.